The van der Waals surface area contributed by atoms with Crippen LogP contribution in [-0.2, 0) is 11.3 Å². The molecular formula is C13H21N3O. The van der Waals surface area contributed by atoms with E-state index in [1.165, 1.54) is 0 Å². The molecule has 0 saturated heterocycles. The normalized spacial score (nSPS) is 10.2. The molecule has 1 rings (SSSR count). The van der Waals surface area contributed by atoms with Gasteiger partial charge in [-0.05, 0) is 32.0 Å². The summed E-state index contributed by atoms with van der Waals surface area (Å²) in [6.07, 6.45) is 2.79. The Labute approximate surface area is 103 Å². The van der Waals surface area contributed by atoms with Crippen molar-refractivity contribution in [2.75, 3.05) is 19.6 Å². The number of pyridine rings is 1. The number of likely N-dealkylation sites (N-methyl/N-ethyl adjacent to an activating group) is 1. The van der Waals surface area contributed by atoms with Gasteiger partial charge in [-0.15, -0.1) is 0 Å². The Balaban J connectivity index is 2.45. The van der Waals surface area contributed by atoms with Gasteiger partial charge in [-0.2, -0.15) is 0 Å². The quantitative estimate of drug-likeness (QED) is 0.727. The standard InChI is InChI=1S/C13H21N3O/c1-3-8-14-10-13(17)16(4-2)11-12-7-5-6-9-15-12/h5-7,9,14H,3-4,8,10-11H2,1-2H3. The average Bonchev–Trinajstić information content (AvgIpc) is 2.37. The third-order valence-electron chi connectivity index (χ3n) is 2.52. The number of nitrogens with one attached hydrogen (secondary N) is 1. The van der Waals surface area contributed by atoms with E-state index < -0.39 is 0 Å². The van der Waals surface area contributed by atoms with Crippen LogP contribution in [0.4, 0.5) is 0 Å². The molecule has 4 heteroatoms. The van der Waals surface area contributed by atoms with Crippen molar-refractivity contribution in [2.24, 2.45) is 0 Å². The third kappa shape index (κ3) is 4.95. The van der Waals surface area contributed by atoms with Crippen molar-refractivity contribution >= 4 is 5.91 Å². The lowest BCUT2D eigenvalue weighted by Crippen LogP contribution is -2.38. The predicted octanol–water partition coefficient (Wildman–Crippen LogP) is 1.43. The van der Waals surface area contributed by atoms with Gasteiger partial charge < -0.3 is 10.2 Å². The summed E-state index contributed by atoms with van der Waals surface area (Å²) in [5.74, 6) is 0.131. The summed E-state index contributed by atoms with van der Waals surface area (Å²) in [5.41, 5.74) is 0.929. The van der Waals surface area contributed by atoms with Crippen LogP contribution in [-0.4, -0.2) is 35.4 Å². The van der Waals surface area contributed by atoms with Crippen LogP contribution in [0.2, 0.25) is 0 Å². The Hall–Kier alpha value is -1.42. The Morgan fingerprint density at radius 3 is 2.82 bits per heavy atom. The van der Waals surface area contributed by atoms with Crippen LogP contribution in [0.3, 0.4) is 0 Å². The Bertz CT molecular complexity index is 327. The molecule has 0 spiro atoms. The van der Waals surface area contributed by atoms with Crippen molar-refractivity contribution < 1.29 is 4.79 Å². The molecular weight excluding hydrogens is 214 g/mol. The molecule has 1 aromatic heterocycles. The molecule has 0 aliphatic heterocycles. The van der Waals surface area contributed by atoms with E-state index in [-0.39, 0.29) is 5.91 Å². The zero-order valence-corrected chi connectivity index (χ0v) is 10.6. The van der Waals surface area contributed by atoms with Crippen LogP contribution in [0.5, 0.6) is 0 Å². The van der Waals surface area contributed by atoms with E-state index in [1.54, 1.807) is 6.20 Å². The monoisotopic (exact) mass is 235 g/mol. The molecule has 0 fully saturated rings. The molecule has 17 heavy (non-hydrogen) atoms. The van der Waals surface area contributed by atoms with E-state index in [4.69, 9.17) is 0 Å². The molecule has 1 N–H and O–H groups in total. The molecule has 94 valence electrons. The van der Waals surface area contributed by atoms with E-state index in [1.807, 2.05) is 30.0 Å². The number of rotatable bonds is 7. The van der Waals surface area contributed by atoms with E-state index in [0.29, 0.717) is 19.6 Å². The molecule has 0 aliphatic rings. The van der Waals surface area contributed by atoms with Gasteiger partial charge in [0.25, 0.3) is 0 Å². The molecule has 4 nitrogen and oxygen atoms in total. The number of carbonyl (C=O) groups excluding carboxylic acids is 1. The van der Waals surface area contributed by atoms with Crippen LogP contribution in [0.15, 0.2) is 24.4 Å². The van der Waals surface area contributed by atoms with Gasteiger partial charge in [-0.25, -0.2) is 0 Å². The lowest BCUT2D eigenvalue weighted by Gasteiger charge is -2.20. The summed E-state index contributed by atoms with van der Waals surface area (Å²) in [6, 6.07) is 5.76. The summed E-state index contributed by atoms with van der Waals surface area (Å²) in [6.45, 7) is 6.66. The summed E-state index contributed by atoms with van der Waals surface area (Å²) < 4.78 is 0. The molecule has 1 heterocycles. The molecule has 1 amide bonds. The van der Waals surface area contributed by atoms with Gasteiger partial charge in [-0.1, -0.05) is 13.0 Å². The minimum absolute atomic E-state index is 0.131. The van der Waals surface area contributed by atoms with Crippen molar-refractivity contribution in [3.05, 3.63) is 30.1 Å². The summed E-state index contributed by atoms with van der Waals surface area (Å²) in [4.78, 5) is 17.9. The predicted molar refractivity (Wildman–Crippen MR) is 68.5 cm³/mol. The fourth-order valence-electron chi connectivity index (χ4n) is 1.55. The minimum Gasteiger partial charge on any atom is -0.336 e. The topological polar surface area (TPSA) is 45.2 Å². The number of amides is 1. The first kappa shape index (κ1) is 13.6. The van der Waals surface area contributed by atoms with E-state index in [2.05, 4.69) is 17.2 Å². The van der Waals surface area contributed by atoms with E-state index in [9.17, 15) is 4.79 Å². The average molecular weight is 235 g/mol. The number of carbonyl (C=O) groups is 1. The van der Waals surface area contributed by atoms with Crippen LogP contribution in [0.1, 0.15) is 26.0 Å². The molecule has 0 aliphatic carbocycles. The van der Waals surface area contributed by atoms with Crippen molar-refractivity contribution in [1.29, 1.82) is 0 Å². The van der Waals surface area contributed by atoms with E-state index >= 15 is 0 Å². The maximum atomic E-state index is 11.9. The zero-order valence-electron chi connectivity index (χ0n) is 10.6. The van der Waals surface area contributed by atoms with Gasteiger partial charge in [0, 0.05) is 12.7 Å². The number of nitrogens with zero attached hydrogens (tertiary/aromatic N) is 2. The number of hydrogen-bond acceptors (Lipinski definition) is 3. The van der Waals surface area contributed by atoms with Crippen LogP contribution >= 0.6 is 0 Å². The van der Waals surface area contributed by atoms with Gasteiger partial charge >= 0.3 is 0 Å². The second kappa shape index (κ2) is 7.79. The second-order valence-electron chi connectivity index (χ2n) is 3.91. The zero-order chi connectivity index (χ0) is 12.5. The first-order valence-corrected chi connectivity index (χ1v) is 6.16. The Kier molecular flexibility index (Phi) is 6.25. The van der Waals surface area contributed by atoms with Gasteiger partial charge in [-0.3, -0.25) is 9.78 Å². The highest BCUT2D eigenvalue weighted by molar-refractivity contribution is 5.78. The molecule has 0 saturated carbocycles. The van der Waals surface area contributed by atoms with Crippen LogP contribution in [0, 0.1) is 0 Å². The van der Waals surface area contributed by atoms with Crippen LogP contribution in [0.25, 0.3) is 0 Å². The molecule has 0 unspecified atom stereocenters. The summed E-state index contributed by atoms with van der Waals surface area (Å²) >= 11 is 0. The largest absolute Gasteiger partial charge is 0.336 e. The van der Waals surface area contributed by atoms with Crippen molar-refractivity contribution in [3.63, 3.8) is 0 Å². The van der Waals surface area contributed by atoms with Crippen LogP contribution < -0.4 is 5.32 Å². The fourth-order valence-corrected chi connectivity index (χ4v) is 1.55. The fraction of sp³-hybridized carbons (Fsp3) is 0.538. The Morgan fingerprint density at radius 1 is 1.41 bits per heavy atom. The lowest BCUT2D eigenvalue weighted by molar-refractivity contribution is -0.130. The molecule has 0 aromatic carbocycles. The number of hydrogen-bond donors (Lipinski definition) is 1. The van der Waals surface area contributed by atoms with Gasteiger partial charge in [0.05, 0.1) is 18.8 Å². The van der Waals surface area contributed by atoms with Crippen molar-refractivity contribution in [1.82, 2.24) is 15.2 Å². The smallest absolute Gasteiger partial charge is 0.236 e. The highest BCUT2D eigenvalue weighted by atomic mass is 16.2. The maximum Gasteiger partial charge on any atom is 0.236 e. The first-order valence-electron chi connectivity index (χ1n) is 6.16. The van der Waals surface area contributed by atoms with Crippen molar-refractivity contribution in [3.8, 4) is 0 Å². The third-order valence-corrected chi connectivity index (χ3v) is 2.52. The van der Waals surface area contributed by atoms with Gasteiger partial charge in [0.1, 0.15) is 0 Å². The minimum atomic E-state index is 0.131. The molecule has 1 aromatic rings. The number of aromatic nitrogens is 1. The molecule has 0 radical (unpaired) electrons. The highest BCUT2D eigenvalue weighted by Gasteiger charge is 2.11. The molecule has 0 atom stereocenters. The lowest BCUT2D eigenvalue weighted by atomic mass is 10.3. The summed E-state index contributed by atoms with van der Waals surface area (Å²) in [7, 11) is 0. The maximum absolute atomic E-state index is 11.9. The molecule has 0 bridgehead atoms. The van der Waals surface area contributed by atoms with Crippen molar-refractivity contribution in [2.45, 2.75) is 26.8 Å². The first-order chi connectivity index (χ1) is 8.27. The summed E-state index contributed by atoms with van der Waals surface area (Å²) in [5, 5.41) is 3.12. The van der Waals surface area contributed by atoms with Gasteiger partial charge in [0.15, 0.2) is 0 Å². The van der Waals surface area contributed by atoms with Gasteiger partial charge in [0.2, 0.25) is 5.91 Å². The second-order valence-corrected chi connectivity index (χ2v) is 3.91. The SMILES string of the molecule is CCCNCC(=O)N(CC)Cc1ccccn1. The Morgan fingerprint density at radius 2 is 2.24 bits per heavy atom. The van der Waals surface area contributed by atoms with E-state index in [0.717, 1.165) is 18.7 Å². The highest BCUT2D eigenvalue weighted by Crippen LogP contribution is 2.00.